The Morgan fingerprint density at radius 2 is 1.67 bits per heavy atom. The number of piperazine rings is 1. The van der Waals surface area contributed by atoms with Gasteiger partial charge in [-0.2, -0.15) is 4.98 Å². The van der Waals surface area contributed by atoms with E-state index in [4.69, 9.17) is 12.2 Å². The van der Waals surface area contributed by atoms with E-state index in [1.807, 2.05) is 4.68 Å². The van der Waals surface area contributed by atoms with Crippen LogP contribution in [0, 0.1) is 4.77 Å². The van der Waals surface area contributed by atoms with Crippen LogP contribution < -0.4 is 4.90 Å². The molecule has 1 aromatic heterocycles. The van der Waals surface area contributed by atoms with Crippen LogP contribution in [0.5, 0.6) is 0 Å². The number of nitrogens with zero attached hydrogens (tertiary/aromatic N) is 4. The number of hydrogen-bond donors (Lipinski definition) is 1. The topological polar surface area (TPSA) is 40.1 Å². The maximum Gasteiger partial charge on any atom is 0.217 e. The lowest BCUT2D eigenvalue weighted by Crippen LogP contribution is -2.46. The number of hydrogen-bond acceptors (Lipinski definition) is 4. The molecule has 0 amide bonds. The van der Waals surface area contributed by atoms with Gasteiger partial charge in [-0.25, -0.2) is 4.68 Å². The van der Waals surface area contributed by atoms with Gasteiger partial charge in [0.05, 0.1) is 6.67 Å². The summed E-state index contributed by atoms with van der Waals surface area (Å²) in [5.74, 6) is 0.838. The Balaban J connectivity index is 1.40. The van der Waals surface area contributed by atoms with Crippen molar-refractivity contribution in [2.75, 3.05) is 31.1 Å². The molecule has 2 aromatic carbocycles. The first-order valence-corrected chi connectivity index (χ1v) is 9.92. The van der Waals surface area contributed by atoms with Crippen molar-refractivity contribution >= 4 is 17.9 Å². The maximum absolute atomic E-state index is 5.47. The van der Waals surface area contributed by atoms with E-state index in [2.05, 4.69) is 81.4 Å². The molecule has 1 aliphatic rings. The number of nitrogens with one attached hydrogen (secondary N) is 1. The van der Waals surface area contributed by atoms with E-state index in [9.17, 15) is 0 Å². The van der Waals surface area contributed by atoms with E-state index in [0.717, 1.165) is 50.7 Å². The van der Waals surface area contributed by atoms with Crippen molar-refractivity contribution in [3.63, 3.8) is 0 Å². The van der Waals surface area contributed by atoms with Gasteiger partial charge in [0.25, 0.3) is 0 Å². The lowest BCUT2D eigenvalue weighted by molar-refractivity contribution is 0.194. The smallest absolute Gasteiger partial charge is 0.217 e. The van der Waals surface area contributed by atoms with Crippen LogP contribution in [0.4, 0.5) is 5.69 Å². The van der Waals surface area contributed by atoms with Gasteiger partial charge in [-0.3, -0.25) is 10.00 Å². The second kappa shape index (κ2) is 8.06. The Bertz CT molecular complexity index is 921. The first-order chi connectivity index (χ1) is 13.2. The minimum Gasteiger partial charge on any atom is -0.369 e. The summed E-state index contributed by atoms with van der Waals surface area (Å²) in [5.41, 5.74) is 3.70. The van der Waals surface area contributed by atoms with Crippen LogP contribution in [0.15, 0.2) is 54.6 Å². The molecule has 3 aromatic rings. The summed E-state index contributed by atoms with van der Waals surface area (Å²) in [7, 11) is 0. The zero-order chi connectivity index (χ0) is 18.6. The van der Waals surface area contributed by atoms with Crippen molar-refractivity contribution in [1.82, 2.24) is 19.7 Å². The molecule has 0 bridgehead atoms. The fraction of sp³-hybridized carbons (Fsp3) is 0.333. The van der Waals surface area contributed by atoms with Gasteiger partial charge in [0.1, 0.15) is 0 Å². The average molecular weight is 380 g/mol. The lowest BCUT2D eigenvalue weighted by atomic mass is 10.1. The molecule has 0 atom stereocenters. The van der Waals surface area contributed by atoms with Crippen LogP contribution in [-0.2, 0) is 13.1 Å². The fourth-order valence-corrected chi connectivity index (χ4v) is 3.66. The van der Waals surface area contributed by atoms with Gasteiger partial charge in [-0.15, -0.1) is 0 Å². The van der Waals surface area contributed by atoms with Crippen molar-refractivity contribution in [3.8, 4) is 11.4 Å². The zero-order valence-electron chi connectivity index (χ0n) is 15.6. The molecule has 4 rings (SSSR count). The van der Waals surface area contributed by atoms with E-state index in [1.54, 1.807) is 0 Å². The van der Waals surface area contributed by atoms with Gasteiger partial charge in [0.15, 0.2) is 5.82 Å². The zero-order valence-corrected chi connectivity index (χ0v) is 16.5. The number of aromatic nitrogens is 3. The molecule has 6 heteroatoms. The first-order valence-electron chi connectivity index (χ1n) is 9.51. The summed E-state index contributed by atoms with van der Waals surface area (Å²) < 4.78 is 2.58. The summed E-state index contributed by atoms with van der Waals surface area (Å²) in [4.78, 5) is 9.40. The van der Waals surface area contributed by atoms with Crippen molar-refractivity contribution in [2.24, 2.45) is 0 Å². The third kappa shape index (κ3) is 4.12. The fourth-order valence-electron chi connectivity index (χ4n) is 3.47. The van der Waals surface area contributed by atoms with Crippen LogP contribution in [0.2, 0.25) is 0 Å². The molecule has 140 valence electrons. The van der Waals surface area contributed by atoms with Crippen LogP contribution in [0.1, 0.15) is 12.5 Å². The molecule has 0 radical (unpaired) electrons. The third-order valence-corrected chi connectivity index (χ3v) is 5.46. The largest absolute Gasteiger partial charge is 0.369 e. The highest BCUT2D eigenvalue weighted by Crippen LogP contribution is 2.18. The van der Waals surface area contributed by atoms with Gasteiger partial charge < -0.3 is 4.90 Å². The molecule has 5 nitrogen and oxygen atoms in total. The lowest BCUT2D eigenvalue weighted by Gasteiger charge is -2.35. The molecule has 1 aliphatic heterocycles. The number of aromatic amines is 1. The molecular formula is C21H25N5S. The maximum atomic E-state index is 5.47. The molecule has 1 saturated heterocycles. The van der Waals surface area contributed by atoms with Crippen LogP contribution in [0.3, 0.4) is 0 Å². The Hall–Kier alpha value is -2.44. The minimum atomic E-state index is 0.607. The van der Waals surface area contributed by atoms with Gasteiger partial charge in [0.2, 0.25) is 4.77 Å². The van der Waals surface area contributed by atoms with Gasteiger partial charge in [-0.05, 0) is 36.3 Å². The van der Waals surface area contributed by atoms with E-state index < -0.39 is 0 Å². The normalized spacial score (nSPS) is 15.2. The van der Waals surface area contributed by atoms with Crippen LogP contribution >= 0.6 is 12.2 Å². The predicted octanol–water partition coefficient (Wildman–Crippen LogP) is 3.95. The molecule has 1 N–H and O–H groups in total. The number of rotatable bonds is 5. The van der Waals surface area contributed by atoms with Crippen LogP contribution in [0.25, 0.3) is 11.4 Å². The summed E-state index contributed by atoms with van der Waals surface area (Å²) >= 11 is 5.47. The second-order valence-electron chi connectivity index (χ2n) is 6.92. The Kier molecular flexibility index (Phi) is 5.36. The highest BCUT2D eigenvalue weighted by Gasteiger charge is 2.18. The van der Waals surface area contributed by atoms with E-state index >= 15 is 0 Å². The molecular weight excluding hydrogens is 354 g/mol. The monoisotopic (exact) mass is 379 g/mol. The molecule has 0 saturated carbocycles. The molecule has 1 fully saturated rings. The summed E-state index contributed by atoms with van der Waals surface area (Å²) in [6, 6.07) is 19.1. The predicted molar refractivity (Wildman–Crippen MR) is 112 cm³/mol. The quantitative estimate of drug-likeness (QED) is 0.682. The van der Waals surface area contributed by atoms with Gasteiger partial charge in [-0.1, -0.05) is 49.4 Å². The number of anilines is 1. The highest BCUT2D eigenvalue weighted by atomic mass is 32.1. The number of para-hydroxylation sites is 1. The van der Waals surface area contributed by atoms with Gasteiger partial charge >= 0.3 is 0 Å². The van der Waals surface area contributed by atoms with Crippen molar-refractivity contribution < 1.29 is 0 Å². The summed E-state index contributed by atoms with van der Waals surface area (Å²) in [5, 5.41) is 3.37. The number of H-pyrrole nitrogens is 1. The number of benzene rings is 2. The molecule has 0 spiro atoms. The summed E-state index contributed by atoms with van der Waals surface area (Å²) in [6.45, 7) is 6.98. The second-order valence-corrected chi connectivity index (χ2v) is 7.28. The Morgan fingerprint density at radius 3 is 2.33 bits per heavy atom. The Morgan fingerprint density at radius 1 is 0.963 bits per heavy atom. The first kappa shape index (κ1) is 17.9. The highest BCUT2D eigenvalue weighted by molar-refractivity contribution is 7.71. The summed E-state index contributed by atoms with van der Waals surface area (Å²) in [6.07, 6.45) is 1.04. The standard InChI is InChI=1S/C21H25N5S/c1-2-17-8-10-18(11-9-17)20-22-21(27)26(23-20)16-24-12-14-25(15-13-24)19-6-4-3-5-7-19/h3-11H,2,12-16H2,1H3,(H,22,23,27). The molecule has 0 aliphatic carbocycles. The van der Waals surface area contributed by atoms with E-state index in [-0.39, 0.29) is 0 Å². The van der Waals surface area contributed by atoms with E-state index in [1.165, 1.54) is 11.3 Å². The minimum absolute atomic E-state index is 0.607. The molecule has 2 heterocycles. The molecule has 27 heavy (non-hydrogen) atoms. The van der Waals surface area contributed by atoms with Gasteiger partial charge in [0, 0.05) is 37.4 Å². The SMILES string of the molecule is CCc1ccc(-c2nc(=S)n(CN3CCN(c4ccccc4)CC3)[nH]2)cc1. The average Bonchev–Trinajstić information content (AvgIpc) is 3.09. The van der Waals surface area contributed by atoms with Crippen molar-refractivity contribution in [2.45, 2.75) is 20.0 Å². The van der Waals surface area contributed by atoms with E-state index in [0.29, 0.717) is 4.77 Å². The number of aryl methyl sites for hydroxylation is 1. The third-order valence-electron chi connectivity index (χ3n) is 5.15. The van der Waals surface area contributed by atoms with Crippen molar-refractivity contribution in [3.05, 3.63) is 64.9 Å². The molecule has 0 unspecified atom stereocenters. The Labute approximate surface area is 165 Å². The van der Waals surface area contributed by atoms with Crippen LogP contribution in [-0.4, -0.2) is 45.8 Å². The van der Waals surface area contributed by atoms with Crippen molar-refractivity contribution in [1.29, 1.82) is 0 Å².